The highest BCUT2D eigenvalue weighted by molar-refractivity contribution is 5.27. The number of benzene rings is 1. The fourth-order valence-corrected chi connectivity index (χ4v) is 3.69. The zero-order valence-corrected chi connectivity index (χ0v) is 15.7. The Morgan fingerprint density at radius 1 is 1.31 bits per heavy atom. The van der Waals surface area contributed by atoms with Crippen LogP contribution < -0.4 is 10.1 Å². The summed E-state index contributed by atoms with van der Waals surface area (Å²) < 4.78 is 21.5. The van der Waals surface area contributed by atoms with E-state index in [0.29, 0.717) is 29.1 Å². The zero-order valence-electron chi connectivity index (χ0n) is 15.7. The number of halogens is 1. The van der Waals surface area contributed by atoms with E-state index in [1.165, 1.54) is 12.1 Å². The van der Waals surface area contributed by atoms with E-state index >= 15 is 0 Å². The van der Waals surface area contributed by atoms with Crippen molar-refractivity contribution in [3.05, 3.63) is 47.5 Å². The molecule has 5 nitrogen and oxygen atoms in total. The SMILES string of the molecule is CC(C)C(Oc1ncc(C(O)c2cccc(F)c2)n1C)C1CCNCC1. The van der Waals surface area contributed by atoms with Gasteiger partial charge in [0.1, 0.15) is 18.0 Å². The number of piperidine rings is 1. The second kappa shape index (κ2) is 8.18. The minimum absolute atomic E-state index is 0.0809. The summed E-state index contributed by atoms with van der Waals surface area (Å²) in [5.74, 6) is 0.488. The molecule has 1 fully saturated rings. The van der Waals surface area contributed by atoms with E-state index < -0.39 is 6.10 Å². The Labute approximate surface area is 154 Å². The smallest absolute Gasteiger partial charge is 0.296 e. The van der Waals surface area contributed by atoms with Crippen LogP contribution >= 0.6 is 0 Å². The first-order valence-corrected chi connectivity index (χ1v) is 9.30. The lowest BCUT2D eigenvalue weighted by Crippen LogP contribution is -2.40. The van der Waals surface area contributed by atoms with Gasteiger partial charge in [-0.05, 0) is 55.5 Å². The van der Waals surface area contributed by atoms with Crippen molar-refractivity contribution in [1.82, 2.24) is 14.9 Å². The third-order valence-corrected chi connectivity index (χ3v) is 5.17. The van der Waals surface area contributed by atoms with E-state index in [-0.39, 0.29) is 11.9 Å². The van der Waals surface area contributed by atoms with Gasteiger partial charge >= 0.3 is 0 Å². The lowest BCUT2D eigenvalue weighted by molar-refractivity contribution is 0.0597. The van der Waals surface area contributed by atoms with Crippen LogP contribution in [0, 0.1) is 17.7 Å². The molecule has 1 aliphatic heterocycles. The summed E-state index contributed by atoms with van der Waals surface area (Å²) in [6.45, 7) is 6.36. The molecule has 2 atom stereocenters. The van der Waals surface area contributed by atoms with Gasteiger partial charge in [-0.3, -0.25) is 4.57 Å². The lowest BCUT2D eigenvalue weighted by atomic mass is 9.86. The Morgan fingerprint density at radius 3 is 2.69 bits per heavy atom. The summed E-state index contributed by atoms with van der Waals surface area (Å²) in [5, 5.41) is 14.0. The topological polar surface area (TPSA) is 59.3 Å². The molecule has 1 aliphatic rings. The molecule has 0 bridgehead atoms. The Kier molecular flexibility index (Phi) is 5.94. The van der Waals surface area contributed by atoms with E-state index in [1.54, 1.807) is 22.9 Å². The Balaban J connectivity index is 1.79. The maximum absolute atomic E-state index is 13.5. The third kappa shape index (κ3) is 4.07. The number of nitrogens with one attached hydrogen (secondary N) is 1. The molecule has 2 heterocycles. The summed E-state index contributed by atoms with van der Waals surface area (Å²) >= 11 is 0. The molecule has 1 saturated heterocycles. The molecule has 0 aliphatic carbocycles. The highest BCUT2D eigenvalue weighted by Crippen LogP contribution is 2.29. The zero-order chi connectivity index (χ0) is 18.7. The minimum Gasteiger partial charge on any atom is -0.461 e. The Bertz CT molecular complexity index is 726. The van der Waals surface area contributed by atoms with Gasteiger partial charge < -0.3 is 15.2 Å². The van der Waals surface area contributed by atoms with Gasteiger partial charge in [0.05, 0.1) is 11.9 Å². The summed E-state index contributed by atoms with van der Waals surface area (Å²) in [6.07, 6.45) is 2.91. The third-order valence-electron chi connectivity index (χ3n) is 5.17. The first kappa shape index (κ1) is 18.9. The summed E-state index contributed by atoms with van der Waals surface area (Å²) in [7, 11) is 1.82. The molecule has 142 valence electrons. The number of aromatic nitrogens is 2. The monoisotopic (exact) mass is 361 g/mol. The van der Waals surface area contributed by atoms with Crippen LogP contribution in [0.1, 0.15) is 44.1 Å². The van der Waals surface area contributed by atoms with Crippen molar-refractivity contribution in [1.29, 1.82) is 0 Å². The molecule has 1 aromatic carbocycles. The summed E-state index contributed by atoms with van der Waals surface area (Å²) in [6, 6.07) is 6.48. The van der Waals surface area contributed by atoms with Crippen LogP contribution in [-0.4, -0.2) is 33.9 Å². The quantitative estimate of drug-likeness (QED) is 0.830. The van der Waals surface area contributed by atoms with Gasteiger partial charge in [0, 0.05) is 7.05 Å². The van der Waals surface area contributed by atoms with Crippen molar-refractivity contribution in [3.63, 3.8) is 0 Å². The van der Waals surface area contributed by atoms with E-state index in [4.69, 9.17) is 4.74 Å². The second-order valence-corrected chi connectivity index (χ2v) is 7.40. The van der Waals surface area contributed by atoms with Crippen molar-refractivity contribution < 1.29 is 14.2 Å². The van der Waals surface area contributed by atoms with Gasteiger partial charge in [-0.15, -0.1) is 0 Å². The largest absolute Gasteiger partial charge is 0.461 e. The number of hydrogen-bond donors (Lipinski definition) is 2. The van der Waals surface area contributed by atoms with Crippen LogP contribution in [0.4, 0.5) is 4.39 Å². The highest BCUT2D eigenvalue weighted by Gasteiger charge is 2.29. The summed E-state index contributed by atoms with van der Waals surface area (Å²) in [5.41, 5.74) is 1.08. The van der Waals surface area contributed by atoms with E-state index in [0.717, 1.165) is 25.9 Å². The van der Waals surface area contributed by atoms with Gasteiger partial charge in [-0.25, -0.2) is 9.37 Å². The molecular weight excluding hydrogens is 333 g/mol. The van der Waals surface area contributed by atoms with E-state index in [1.807, 2.05) is 7.05 Å². The van der Waals surface area contributed by atoms with Crippen molar-refractivity contribution in [3.8, 4) is 6.01 Å². The predicted molar refractivity (Wildman–Crippen MR) is 98.5 cm³/mol. The number of hydrogen-bond acceptors (Lipinski definition) is 4. The minimum atomic E-state index is -0.947. The molecule has 2 aromatic rings. The van der Waals surface area contributed by atoms with E-state index in [9.17, 15) is 9.50 Å². The predicted octanol–water partition coefficient (Wildman–Crippen LogP) is 3.04. The van der Waals surface area contributed by atoms with Crippen LogP contribution in [0.5, 0.6) is 6.01 Å². The van der Waals surface area contributed by atoms with Gasteiger partial charge in [0.15, 0.2) is 0 Å². The first-order valence-electron chi connectivity index (χ1n) is 9.30. The Hall–Kier alpha value is -1.92. The maximum Gasteiger partial charge on any atom is 0.296 e. The maximum atomic E-state index is 13.5. The highest BCUT2D eigenvalue weighted by atomic mass is 19.1. The number of aliphatic hydroxyl groups is 1. The fraction of sp³-hybridized carbons (Fsp3) is 0.550. The molecule has 2 N–H and O–H groups in total. The average Bonchev–Trinajstić information content (AvgIpc) is 3.00. The van der Waals surface area contributed by atoms with Gasteiger partial charge in [-0.2, -0.15) is 0 Å². The first-order chi connectivity index (χ1) is 12.5. The van der Waals surface area contributed by atoms with Crippen LogP contribution in [0.2, 0.25) is 0 Å². The number of imidazole rings is 1. The summed E-state index contributed by atoms with van der Waals surface area (Å²) in [4.78, 5) is 4.37. The van der Waals surface area contributed by atoms with Crippen molar-refractivity contribution in [2.75, 3.05) is 13.1 Å². The molecule has 0 radical (unpaired) electrons. The van der Waals surface area contributed by atoms with Gasteiger partial charge in [-0.1, -0.05) is 26.0 Å². The molecule has 26 heavy (non-hydrogen) atoms. The molecule has 2 unspecified atom stereocenters. The van der Waals surface area contributed by atoms with Crippen LogP contribution in [-0.2, 0) is 7.05 Å². The van der Waals surface area contributed by atoms with Crippen molar-refractivity contribution in [2.24, 2.45) is 18.9 Å². The molecule has 1 aromatic heterocycles. The van der Waals surface area contributed by atoms with E-state index in [2.05, 4.69) is 24.1 Å². The molecule has 0 spiro atoms. The molecule has 0 saturated carbocycles. The van der Waals surface area contributed by atoms with Crippen LogP contribution in [0.25, 0.3) is 0 Å². The second-order valence-electron chi connectivity index (χ2n) is 7.40. The number of rotatable bonds is 6. The van der Waals surface area contributed by atoms with Crippen molar-refractivity contribution in [2.45, 2.75) is 38.9 Å². The number of aliphatic hydroxyl groups excluding tert-OH is 1. The van der Waals surface area contributed by atoms with Gasteiger partial charge in [0.2, 0.25) is 0 Å². The van der Waals surface area contributed by atoms with Crippen LogP contribution in [0.15, 0.2) is 30.5 Å². The number of nitrogens with zero attached hydrogens (tertiary/aromatic N) is 2. The molecule has 0 amide bonds. The number of ether oxygens (including phenoxy) is 1. The molecular formula is C20H28FN3O2. The molecule has 3 rings (SSSR count). The van der Waals surface area contributed by atoms with Gasteiger partial charge in [0.25, 0.3) is 6.01 Å². The Morgan fingerprint density at radius 2 is 2.04 bits per heavy atom. The standard InChI is InChI=1S/C20H28FN3O2/c1-13(2)19(14-7-9-22-10-8-14)26-20-23-12-17(24(20)3)18(25)15-5-4-6-16(21)11-15/h4-6,11-14,18-19,22,25H,7-10H2,1-3H3. The average molecular weight is 361 g/mol. The normalized spacial score (nSPS) is 18.1. The lowest BCUT2D eigenvalue weighted by Gasteiger charge is -2.33. The van der Waals surface area contributed by atoms with Crippen molar-refractivity contribution >= 4 is 0 Å². The fourth-order valence-electron chi connectivity index (χ4n) is 3.69. The van der Waals surface area contributed by atoms with Crippen LogP contribution in [0.3, 0.4) is 0 Å². The molecule has 6 heteroatoms.